The van der Waals surface area contributed by atoms with Gasteiger partial charge in [-0.3, -0.25) is 9.69 Å². The summed E-state index contributed by atoms with van der Waals surface area (Å²) in [6, 6.07) is 5.62. The number of nitrogens with zero attached hydrogens (tertiary/aromatic N) is 3. The van der Waals surface area contributed by atoms with E-state index in [2.05, 4.69) is 15.2 Å². The molecule has 1 aromatic heterocycles. The molecule has 2 fully saturated rings. The SMILES string of the molecule is O=C(Cn1c(C(F)(F)F)nc2ccccc21)N[C@@H]1CC[C@@H](N2CCOCC2)[C@@H]1O. The topological polar surface area (TPSA) is 79.6 Å². The number of morpholine rings is 1. The van der Waals surface area contributed by atoms with E-state index in [1.165, 1.54) is 12.1 Å². The molecule has 2 heterocycles. The molecule has 2 N–H and O–H groups in total. The highest BCUT2D eigenvalue weighted by atomic mass is 19.4. The minimum Gasteiger partial charge on any atom is -0.389 e. The number of benzene rings is 1. The van der Waals surface area contributed by atoms with Crippen molar-refractivity contribution in [3.05, 3.63) is 30.1 Å². The number of nitrogens with one attached hydrogen (secondary N) is 1. The highest BCUT2D eigenvalue weighted by Gasteiger charge is 2.40. The van der Waals surface area contributed by atoms with Crippen molar-refractivity contribution in [1.29, 1.82) is 0 Å². The van der Waals surface area contributed by atoms with E-state index in [9.17, 15) is 23.1 Å². The average molecular weight is 412 g/mol. The van der Waals surface area contributed by atoms with Gasteiger partial charge in [-0.2, -0.15) is 13.2 Å². The summed E-state index contributed by atoms with van der Waals surface area (Å²) in [5.41, 5.74) is 0.425. The fraction of sp³-hybridized carbons (Fsp3) is 0.579. The largest absolute Gasteiger partial charge is 0.449 e. The van der Waals surface area contributed by atoms with Crippen LogP contribution in [0.4, 0.5) is 13.2 Å². The minimum absolute atomic E-state index is 0.0796. The van der Waals surface area contributed by atoms with Crippen LogP contribution < -0.4 is 5.32 Å². The number of carbonyl (C=O) groups is 1. The first-order valence-electron chi connectivity index (χ1n) is 9.66. The monoisotopic (exact) mass is 412 g/mol. The molecule has 0 unspecified atom stereocenters. The minimum atomic E-state index is -4.67. The van der Waals surface area contributed by atoms with Crippen LogP contribution in [0, 0.1) is 0 Å². The maximum Gasteiger partial charge on any atom is 0.449 e. The third kappa shape index (κ3) is 4.10. The summed E-state index contributed by atoms with van der Waals surface area (Å²) >= 11 is 0. The fourth-order valence-electron chi connectivity index (χ4n) is 4.27. The maximum absolute atomic E-state index is 13.4. The number of hydrogen-bond donors (Lipinski definition) is 2. The number of alkyl halides is 3. The van der Waals surface area contributed by atoms with Crippen LogP contribution in [0.25, 0.3) is 11.0 Å². The first-order chi connectivity index (χ1) is 13.8. The Morgan fingerprint density at radius 3 is 2.69 bits per heavy atom. The smallest absolute Gasteiger partial charge is 0.389 e. The van der Waals surface area contributed by atoms with Gasteiger partial charge in [0.05, 0.1) is 36.4 Å². The van der Waals surface area contributed by atoms with Gasteiger partial charge in [-0.1, -0.05) is 12.1 Å². The van der Waals surface area contributed by atoms with Gasteiger partial charge >= 0.3 is 6.18 Å². The standard InChI is InChI=1S/C19H23F3N4O3/c20-19(21,22)18-24-12-3-1-2-4-14(12)26(18)11-16(27)23-13-5-6-15(17(13)28)25-7-9-29-10-8-25/h1-4,13,15,17,28H,5-11H2,(H,23,27)/t13-,15-,17-/m1/s1. The maximum atomic E-state index is 13.4. The molecule has 29 heavy (non-hydrogen) atoms. The molecule has 10 heteroatoms. The van der Waals surface area contributed by atoms with Crippen molar-refractivity contribution in [3.63, 3.8) is 0 Å². The second-order valence-corrected chi connectivity index (χ2v) is 7.47. The molecule has 1 aliphatic heterocycles. The molecule has 0 spiro atoms. The number of hydrogen-bond acceptors (Lipinski definition) is 5. The van der Waals surface area contributed by atoms with Gasteiger partial charge in [0.1, 0.15) is 6.54 Å². The summed E-state index contributed by atoms with van der Waals surface area (Å²) in [4.78, 5) is 18.3. The van der Waals surface area contributed by atoms with Gasteiger partial charge < -0.3 is 19.7 Å². The van der Waals surface area contributed by atoms with Crippen molar-refractivity contribution < 1.29 is 27.8 Å². The zero-order chi connectivity index (χ0) is 20.6. The Bertz CT molecular complexity index is 879. The van der Waals surface area contributed by atoms with Crippen LogP contribution in [-0.2, 0) is 22.3 Å². The summed E-state index contributed by atoms with van der Waals surface area (Å²) in [6.45, 7) is 2.14. The first-order valence-corrected chi connectivity index (χ1v) is 9.66. The molecular weight excluding hydrogens is 389 g/mol. The number of imidazole rings is 1. The Kier molecular flexibility index (Phi) is 5.50. The predicted octanol–water partition coefficient (Wildman–Crippen LogP) is 1.40. The molecule has 0 bridgehead atoms. The van der Waals surface area contributed by atoms with Crippen molar-refractivity contribution in [2.45, 2.75) is 43.8 Å². The van der Waals surface area contributed by atoms with E-state index in [0.29, 0.717) is 26.1 Å². The summed E-state index contributed by atoms with van der Waals surface area (Å²) in [5, 5.41) is 13.4. The summed E-state index contributed by atoms with van der Waals surface area (Å²) < 4.78 is 46.4. The van der Waals surface area contributed by atoms with Gasteiger partial charge in [0.2, 0.25) is 11.7 Å². The molecule has 1 amide bonds. The number of carbonyl (C=O) groups excluding carboxylic acids is 1. The number of halogens is 3. The van der Waals surface area contributed by atoms with Crippen molar-refractivity contribution in [2.75, 3.05) is 26.3 Å². The van der Waals surface area contributed by atoms with Gasteiger partial charge in [0, 0.05) is 19.1 Å². The van der Waals surface area contributed by atoms with Crippen LogP contribution in [0.15, 0.2) is 24.3 Å². The van der Waals surface area contributed by atoms with Crippen LogP contribution in [0.3, 0.4) is 0 Å². The normalized spacial score (nSPS) is 26.1. The number of amides is 1. The van der Waals surface area contributed by atoms with Crippen LogP contribution in [-0.4, -0.2) is 70.0 Å². The second kappa shape index (κ2) is 7.92. The molecule has 1 saturated carbocycles. The first kappa shape index (κ1) is 20.1. The Morgan fingerprint density at radius 2 is 1.97 bits per heavy atom. The number of aliphatic hydroxyl groups is 1. The third-order valence-electron chi connectivity index (χ3n) is 5.65. The molecule has 1 aromatic carbocycles. The number of aromatic nitrogens is 2. The van der Waals surface area contributed by atoms with Gasteiger partial charge in [-0.05, 0) is 25.0 Å². The van der Waals surface area contributed by atoms with E-state index in [1.54, 1.807) is 12.1 Å². The highest BCUT2D eigenvalue weighted by molar-refractivity contribution is 5.81. The van der Waals surface area contributed by atoms with E-state index in [4.69, 9.17) is 4.74 Å². The van der Waals surface area contributed by atoms with E-state index in [0.717, 1.165) is 17.7 Å². The molecule has 1 aliphatic carbocycles. The van der Waals surface area contributed by atoms with Crippen LogP contribution in [0.2, 0.25) is 0 Å². The molecular formula is C19H23F3N4O3. The summed E-state index contributed by atoms with van der Waals surface area (Å²) in [6.07, 6.45) is -4.15. The van der Waals surface area contributed by atoms with E-state index in [1.807, 2.05) is 0 Å². The zero-order valence-corrected chi connectivity index (χ0v) is 15.7. The van der Waals surface area contributed by atoms with Gasteiger partial charge in [-0.25, -0.2) is 4.98 Å². The van der Waals surface area contributed by atoms with E-state index < -0.39 is 36.6 Å². The highest BCUT2D eigenvalue weighted by Crippen LogP contribution is 2.31. The van der Waals surface area contributed by atoms with Gasteiger partial charge in [-0.15, -0.1) is 0 Å². The van der Waals surface area contributed by atoms with Crippen LogP contribution >= 0.6 is 0 Å². The van der Waals surface area contributed by atoms with E-state index in [-0.39, 0.29) is 17.1 Å². The number of fused-ring (bicyclic) bond motifs is 1. The zero-order valence-electron chi connectivity index (χ0n) is 15.7. The average Bonchev–Trinajstić information content (AvgIpc) is 3.24. The van der Waals surface area contributed by atoms with Crippen molar-refractivity contribution in [2.24, 2.45) is 0 Å². The molecule has 4 rings (SSSR count). The second-order valence-electron chi connectivity index (χ2n) is 7.47. The molecule has 0 radical (unpaired) electrons. The lowest BCUT2D eigenvalue weighted by Crippen LogP contribution is -2.51. The molecule has 3 atom stereocenters. The lowest BCUT2D eigenvalue weighted by Gasteiger charge is -2.34. The molecule has 7 nitrogen and oxygen atoms in total. The lowest BCUT2D eigenvalue weighted by atomic mass is 10.1. The number of rotatable bonds is 4. The lowest BCUT2D eigenvalue weighted by molar-refractivity contribution is -0.147. The van der Waals surface area contributed by atoms with Gasteiger partial charge in [0.25, 0.3) is 0 Å². The predicted molar refractivity (Wildman–Crippen MR) is 98.1 cm³/mol. The quantitative estimate of drug-likeness (QED) is 0.794. The number of aliphatic hydroxyl groups excluding tert-OH is 1. The Hall–Kier alpha value is -2.17. The Labute approximate surface area is 165 Å². The molecule has 2 aliphatic rings. The summed E-state index contributed by atoms with van der Waals surface area (Å²) in [5.74, 6) is -1.68. The fourth-order valence-corrected chi connectivity index (χ4v) is 4.27. The number of para-hydroxylation sites is 2. The van der Waals surface area contributed by atoms with Crippen LogP contribution in [0.5, 0.6) is 0 Å². The van der Waals surface area contributed by atoms with E-state index >= 15 is 0 Å². The van der Waals surface area contributed by atoms with Crippen molar-refractivity contribution in [1.82, 2.24) is 19.8 Å². The van der Waals surface area contributed by atoms with Crippen molar-refractivity contribution in [3.8, 4) is 0 Å². The molecule has 2 aromatic rings. The Morgan fingerprint density at radius 1 is 1.24 bits per heavy atom. The summed E-state index contributed by atoms with van der Waals surface area (Å²) in [7, 11) is 0. The van der Waals surface area contributed by atoms with Crippen LogP contribution in [0.1, 0.15) is 18.7 Å². The Balaban J connectivity index is 1.46. The van der Waals surface area contributed by atoms with Gasteiger partial charge in [0.15, 0.2) is 0 Å². The molecule has 158 valence electrons. The third-order valence-corrected chi connectivity index (χ3v) is 5.65. The van der Waals surface area contributed by atoms with Crippen molar-refractivity contribution >= 4 is 16.9 Å². The number of ether oxygens (including phenoxy) is 1. The molecule has 1 saturated heterocycles.